The van der Waals surface area contributed by atoms with Gasteiger partial charge in [-0.2, -0.15) is 0 Å². The summed E-state index contributed by atoms with van der Waals surface area (Å²) in [5, 5.41) is 0. The summed E-state index contributed by atoms with van der Waals surface area (Å²) in [6.45, 7) is 2.01. The fourth-order valence-corrected chi connectivity index (χ4v) is 1.83. The maximum atomic E-state index is 11.4. The van der Waals surface area contributed by atoms with E-state index in [1.807, 2.05) is 17.0 Å². The molecule has 0 atom stereocenters. The molecule has 2 N–H and O–H groups in total. The molecule has 0 spiro atoms. The number of pyridine rings is 1. The third-order valence-corrected chi connectivity index (χ3v) is 2.63. The lowest BCUT2D eigenvalue weighted by molar-refractivity contribution is -0.128. The first-order valence-corrected chi connectivity index (χ1v) is 5.21. The van der Waals surface area contributed by atoms with Gasteiger partial charge in [0, 0.05) is 32.3 Å². The van der Waals surface area contributed by atoms with Crippen LogP contribution in [0.1, 0.15) is 24.1 Å². The van der Waals surface area contributed by atoms with E-state index in [-0.39, 0.29) is 5.91 Å². The molecule has 0 radical (unpaired) electrons. The third-order valence-electron chi connectivity index (χ3n) is 2.63. The van der Waals surface area contributed by atoms with Crippen LogP contribution in [0.5, 0.6) is 0 Å². The Morgan fingerprint density at radius 1 is 1.53 bits per heavy atom. The Balaban J connectivity index is 2.06. The molecule has 0 bridgehead atoms. The van der Waals surface area contributed by atoms with Crippen LogP contribution < -0.4 is 5.73 Å². The molecular weight excluding hydrogens is 190 g/mol. The highest BCUT2D eigenvalue weighted by atomic mass is 16.2. The lowest BCUT2D eigenvalue weighted by Gasteiger charge is -2.15. The van der Waals surface area contributed by atoms with Crippen LogP contribution in [-0.4, -0.2) is 22.3 Å². The van der Waals surface area contributed by atoms with Crippen molar-refractivity contribution >= 4 is 5.91 Å². The fourth-order valence-electron chi connectivity index (χ4n) is 1.83. The SMILES string of the molecule is NCc1cc(CN2CCCC2=O)ccn1. The number of nitrogens with zero attached hydrogens (tertiary/aromatic N) is 2. The van der Waals surface area contributed by atoms with E-state index in [0.717, 1.165) is 24.2 Å². The lowest BCUT2D eigenvalue weighted by atomic mass is 10.2. The summed E-state index contributed by atoms with van der Waals surface area (Å²) in [7, 11) is 0. The monoisotopic (exact) mass is 205 g/mol. The molecule has 2 rings (SSSR count). The van der Waals surface area contributed by atoms with E-state index in [4.69, 9.17) is 5.73 Å². The van der Waals surface area contributed by atoms with Gasteiger partial charge in [-0.05, 0) is 24.1 Å². The molecule has 0 saturated carbocycles. The molecule has 1 amide bonds. The molecule has 2 heterocycles. The summed E-state index contributed by atoms with van der Waals surface area (Å²) in [6.07, 6.45) is 3.42. The zero-order valence-electron chi connectivity index (χ0n) is 8.65. The Labute approximate surface area is 89.1 Å². The predicted octanol–water partition coefficient (Wildman–Crippen LogP) is 0.663. The number of aromatic nitrogens is 1. The normalized spacial score (nSPS) is 16.1. The van der Waals surface area contributed by atoms with Crippen molar-refractivity contribution in [2.45, 2.75) is 25.9 Å². The predicted molar refractivity (Wildman–Crippen MR) is 56.8 cm³/mol. The largest absolute Gasteiger partial charge is 0.338 e. The molecule has 0 unspecified atom stereocenters. The van der Waals surface area contributed by atoms with Crippen LogP contribution in [-0.2, 0) is 17.9 Å². The number of hydrogen-bond donors (Lipinski definition) is 1. The number of nitrogens with two attached hydrogens (primary N) is 1. The maximum Gasteiger partial charge on any atom is 0.222 e. The van der Waals surface area contributed by atoms with Gasteiger partial charge in [-0.1, -0.05) is 0 Å². The minimum atomic E-state index is 0.251. The standard InChI is InChI=1S/C11H15N3O/c12-7-10-6-9(3-4-13-10)8-14-5-1-2-11(14)15/h3-4,6H,1-2,5,7-8,12H2. The van der Waals surface area contributed by atoms with Crippen molar-refractivity contribution in [1.82, 2.24) is 9.88 Å². The minimum Gasteiger partial charge on any atom is -0.338 e. The Hall–Kier alpha value is -1.42. The third kappa shape index (κ3) is 2.33. The van der Waals surface area contributed by atoms with Gasteiger partial charge >= 0.3 is 0 Å². The molecule has 1 aliphatic heterocycles. The smallest absolute Gasteiger partial charge is 0.222 e. The number of carbonyl (C=O) groups is 1. The van der Waals surface area contributed by atoms with Crippen LogP contribution in [0.3, 0.4) is 0 Å². The molecule has 1 aromatic heterocycles. The summed E-state index contributed by atoms with van der Waals surface area (Å²) in [6, 6.07) is 3.90. The van der Waals surface area contributed by atoms with Crippen LogP contribution in [0.2, 0.25) is 0 Å². The van der Waals surface area contributed by atoms with Crippen LogP contribution in [0.15, 0.2) is 18.3 Å². The first kappa shape index (κ1) is 10.1. The average molecular weight is 205 g/mol. The number of hydrogen-bond acceptors (Lipinski definition) is 3. The second-order valence-corrected chi connectivity index (χ2v) is 3.78. The summed E-state index contributed by atoms with van der Waals surface area (Å²) >= 11 is 0. The van der Waals surface area contributed by atoms with Crippen molar-refractivity contribution in [2.75, 3.05) is 6.54 Å². The van der Waals surface area contributed by atoms with Crippen molar-refractivity contribution < 1.29 is 4.79 Å². The zero-order valence-corrected chi connectivity index (χ0v) is 8.65. The second kappa shape index (κ2) is 4.40. The van der Waals surface area contributed by atoms with E-state index in [1.54, 1.807) is 6.20 Å². The molecule has 1 aliphatic rings. The van der Waals surface area contributed by atoms with E-state index < -0.39 is 0 Å². The fraction of sp³-hybridized carbons (Fsp3) is 0.455. The lowest BCUT2D eigenvalue weighted by Crippen LogP contribution is -2.23. The van der Waals surface area contributed by atoms with Crippen molar-refractivity contribution in [3.05, 3.63) is 29.6 Å². The average Bonchev–Trinajstić information content (AvgIpc) is 2.65. The molecule has 4 nitrogen and oxygen atoms in total. The molecule has 4 heteroatoms. The van der Waals surface area contributed by atoms with E-state index in [0.29, 0.717) is 19.5 Å². The maximum absolute atomic E-state index is 11.4. The van der Waals surface area contributed by atoms with Crippen molar-refractivity contribution in [2.24, 2.45) is 5.73 Å². The van der Waals surface area contributed by atoms with Crippen LogP contribution >= 0.6 is 0 Å². The van der Waals surface area contributed by atoms with Gasteiger partial charge in [0.15, 0.2) is 0 Å². The number of carbonyl (C=O) groups excluding carboxylic acids is 1. The zero-order chi connectivity index (χ0) is 10.7. The molecule has 1 fully saturated rings. The summed E-state index contributed by atoms with van der Waals surface area (Å²) in [5.74, 6) is 0.251. The van der Waals surface area contributed by atoms with E-state index in [2.05, 4.69) is 4.98 Å². The van der Waals surface area contributed by atoms with Gasteiger partial charge in [-0.25, -0.2) is 0 Å². The summed E-state index contributed by atoms with van der Waals surface area (Å²) in [5.41, 5.74) is 7.50. The first-order chi connectivity index (χ1) is 7.29. The van der Waals surface area contributed by atoms with Crippen LogP contribution in [0.4, 0.5) is 0 Å². The number of rotatable bonds is 3. The summed E-state index contributed by atoms with van der Waals surface area (Å²) < 4.78 is 0. The number of likely N-dealkylation sites (tertiary alicyclic amines) is 1. The molecular formula is C11H15N3O. The first-order valence-electron chi connectivity index (χ1n) is 5.21. The second-order valence-electron chi connectivity index (χ2n) is 3.78. The van der Waals surface area contributed by atoms with E-state index in [9.17, 15) is 4.79 Å². The van der Waals surface area contributed by atoms with Crippen LogP contribution in [0, 0.1) is 0 Å². The topological polar surface area (TPSA) is 59.2 Å². The number of amides is 1. The van der Waals surface area contributed by atoms with Gasteiger partial charge in [0.2, 0.25) is 5.91 Å². The Kier molecular flexibility index (Phi) is 2.97. The van der Waals surface area contributed by atoms with Crippen molar-refractivity contribution in [3.8, 4) is 0 Å². The quantitative estimate of drug-likeness (QED) is 0.788. The highest BCUT2D eigenvalue weighted by Gasteiger charge is 2.19. The minimum absolute atomic E-state index is 0.251. The van der Waals surface area contributed by atoms with E-state index >= 15 is 0 Å². The van der Waals surface area contributed by atoms with Gasteiger partial charge in [-0.15, -0.1) is 0 Å². The van der Waals surface area contributed by atoms with Crippen LogP contribution in [0.25, 0.3) is 0 Å². The molecule has 80 valence electrons. The summed E-state index contributed by atoms with van der Waals surface area (Å²) in [4.78, 5) is 17.4. The Morgan fingerprint density at radius 2 is 2.40 bits per heavy atom. The molecule has 0 aromatic carbocycles. The molecule has 1 aromatic rings. The Bertz CT molecular complexity index is 365. The molecule has 1 saturated heterocycles. The van der Waals surface area contributed by atoms with Gasteiger partial charge < -0.3 is 10.6 Å². The van der Waals surface area contributed by atoms with E-state index in [1.165, 1.54) is 0 Å². The highest BCUT2D eigenvalue weighted by Crippen LogP contribution is 2.14. The van der Waals surface area contributed by atoms with Crippen molar-refractivity contribution in [1.29, 1.82) is 0 Å². The Morgan fingerprint density at radius 3 is 3.07 bits per heavy atom. The van der Waals surface area contributed by atoms with Crippen molar-refractivity contribution in [3.63, 3.8) is 0 Å². The van der Waals surface area contributed by atoms with Gasteiger partial charge in [0.05, 0.1) is 5.69 Å². The van der Waals surface area contributed by atoms with Gasteiger partial charge in [-0.3, -0.25) is 9.78 Å². The van der Waals surface area contributed by atoms with Gasteiger partial charge in [0.25, 0.3) is 0 Å². The molecule has 15 heavy (non-hydrogen) atoms. The molecule has 0 aliphatic carbocycles. The van der Waals surface area contributed by atoms with Gasteiger partial charge in [0.1, 0.15) is 0 Å². The highest BCUT2D eigenvalue weighted by molar-refractivity contribution is 5.78.